The molecular formula is C13H13FN4O. The SMILES string of the molecule is CCCc1nc(-c2c(F)ccc3[nH]c(C)nc23)no1. The third-order valence-corrected chi connectivity index (χ3v) is 2.88. The number of aromatic nitrogens is 4. The van der Waals surface area contributed by atoms with E-state index < -0.39 is 5.82 Å². The van der Waals surface area contributed by atoms with Crippen LogP contribution in [0.25, 0.3) is 22.4 Å². The second-order valence-corrected chi connectivity index (χ2v) is 4.40. The van der Waals surface area contributed by atoms with Crippen LogP contribution in [0.4, 0.5) is 4.39 Å². The molecule has 19 heavy (non-hydrogen) atoms. The van der Waals surface area contributed by atoms with Crippen molar-refractivity contribution < 1.29 is 8.91 Å². The molecule has 0 saturated heterocycles. The average molecular weight is 260 g/mol. The Labute approximate surface area is 108 Å². The number of H-pyrrole nitrogens is 1. The summed E-state index contributed by atoms with van der Waals surface area (Å²) < 4.78 is 19.1. The van der Waals surface area contributed by atoms with Crippen LogP contribution in [-0.4, -0.2) is 20.1 Å². The Morgan fingerprint density at radius 3 is 2.95 bits per heavy atom. The van der Waals surface area contributed by atoms with E-state index in [1.165, 1.54) is 6.07 Å². The van der Waals surface area contributed by atoms with Crippen LogP contribution in [0.2, 0.25) is 0 Å². The van der Waals surface area contributed by atoms with Gasteiger partial charge in [-0.15, -0.1) is 0 Å². The van der Waals surface area contributed by atoms with Crippen LogP contribution in [0.15, 0.2) is 16.7 Å². The van der Waals surface area contributed by atoms with E-state index >= 15 is 0 Å². The Balaban J connectivity index is 2.19. The van der Waals surface area contributed by atoms with E-state index in [1.54, 1.807) is 6.07 Å². The number of hydrogen-bond acceptors (Lipinski definition) is 4. The molecule has 3 rings (SSSR count). The van der Waals surface area contributed by atoms with Crippen molar-refractivity contribution in [3.63, 3.8) is 0 Å². The fourth-order valence-electron chi connectivity index (χ4n) is 2.06. The van der Waals surface area contributed by atoms with Gasteiger partial charge in [0, 0.05) is 6.42 Å². The van der Waals surface area contributed by atoms with E-state index in [0.717, 1.165) is 17.8 Å². The van der Waals surface area contributed by atoms with Gasteiger partial charge in [-0.05, 0) is 25.5 Å². The summed E-state index contributed by atoms with van der Waals surface area (Å²) in [5.41, 5.74) is 1.57. The first-order valence-corrected chi connectivity index (χ1v) is 6.17. The third-order valence-electron chi connectivity index (χ3n) is 2.88. The van der Waals surface area contributed by atoms with E-state index in [0.29, 0.717) is 17.8 Å². The van der Waals surface area contributed by atoms with Gasteiger partial charge in [0.1, 0.15) is 17.2 Å². The molecule has 0 atom stereocenters. The van der Waals surface area contributed by atoms with Crippen LogP contribution in [0, 0.1) is 12.7 Å². The molecule has 0 bridgehead atoms. The maximum atomic E-state index is 14.0. The van der Waals surface area contributed by atoms with Gasteiger partial charge in [-0.1, -0.05) is 12.1 Å². The molecule has 98 valence electrons. The highest BCUT2D eigenvalue weighted by molar-refractivity contribution is 5.90. The molecule has 1 aromatic carbocycles. The second kappa shape index (κ2) is 4.46. The standard InChI is InChI=1S/C13H13FN4O/c1-3-4-10-17-13(18-19-10)11-8(14)5-6-9-12(11)16-7(2)15-9/h5-6H,3-4H2,1-2H3,(H,15,16). The number of aryl methyl sites for hydroxylation is 2. The topological polar surface area (TPSA) is 67.6 Å². The number of aromatic amines is 1. The third kappa shape index (κ3) is 1.99. The second-order valence-electron chi connectivity index (χ2n) is 4.40. The van der Waals surface area contributed by atoms with Gasteiger partial charge in [0.15, 0.2) is 0 Å². The first-order chi connectivity index (χ1) is 9.19. The summed E-state index contributed by atoms with van der Waals surface area (Å²) in [6, 6.07) is 3.03. The molecule has 0 fully saturated rings. The predicted octanol–water partition coefficient (Wildman–Crippen LogP) is 3.01. The number of nitrogens with zero attached hydrogens (tertiary/aromatic N) is 3. The van der Waals surface area contributed by atoms with Crippen molar-refractivity contribution in [3.8, 4) is 11.4 Å². The van der Waals surface area contributed by atoms with Crippen LogP contribution in [0.1, 0.15) is 25.1 Å². The molecule has 1 N–H and O–H groups in total. The van der Waals surface area contributed by atoms with Crippen LogP contribution >= 0.6 is 0 Å². The number of benzene rings is 1. The maximum absolute atomic E-state index is 14.0. The van der Waals surface area contributed by atoms with E-state index in [1.807, 2.05) is 13.8 Å². The molecule has 2 aromatic heterocycles. The summed E-state index contributed by atoms with van der Waals surface area (Å²) >= 11 is 0. The maximum Gasteiger partial charge on any atom is 0.226 e. The molecule has 0 aliphatic heterocycles. The summed E-state index contributed by atoms with van der Waals surface area (Å²) in [4.78, 5) is 11.6. The largest absolute Gasteiger partial charge is 0.342 e. The minimum Gasteiger partial charge on any atom is -0.342 e. The molecule has 0 radical (unpaired) electrons. The van der Waals surface area contributed by atoms with Crippen molar-refractivity contribution in [1.82, 2.24) is 20.1 Å². The van der Waals surface area contributed by atoms with Crippen LogP contribution in [0.5, 0.6) is 0 Å². The molecule has 3 aromatic rings. The van der Waals surface area contributed by atoms with Crippen LogP contribution in [-0.2, 0) is 6.42 Å². The van der Waals surface area contributed by atoms with Crippen molar-refractivity contribution in [2.75, 3.05) is 0 Å². The monoisotopic (exact) mass is 260 g/mol. The Morgan fingerprint density at radius 2 is 2.16 bits per heavy atom. The molecule has 0 saturated carbocycles. The number of rotatable bonds is 3. The predicted molar refractivity (Wildman–Crippen MR) is 68.1 cm³/mol. The molecule has 0 aliphatic rings. The summed E-state index contributed by atoms with van der Waals surface area (Å²) in [5, 5.41) is 3.85. The Kier molecular flexibility index (Phi) is 2.77. The molecule has 0 unspecified atom stereocenters. The number of imidazole rings is 1. The zero-order valence-electron chi connectivity index (χ0n) is 10.7. The number of hydrogen-bond donors (Lipinski definition) is 1. The molecular weight excluding hydrogens is 247 g/mol. The van der Waals surface area contributed by atoms with E-state index in [-0.39, 0.29) is 11.4 Å². The summed E-state index contributed by atoms with van der Waals surface area (Å²) in [6.07, 6.45) is 1.58. The van der Waals surface area contributed by atoms with E-state index in [4.69, 9.17) is 4.52 Å². The zero-order chi connectivity index (χ0) is 13.4. The average Bonchev–Trinajstić information content (AvgIpc) is 2.95. The molecule has 2 heterocycles. The highest BCUT2D eigenvalue weighted by Crippen LogP contribution is 2.28. The smallest absolute Gasteiger partial charge is 0.226 e. The lowest BCUT2D eigenvalue weighted by Gasteiger charge is -1.98. The Hall–Kier alpha value is -2.24. The van der Waals surface area contributed by atoms with Gasteiger partial charge in [0.05, 0.1) is 11.1 Å². The Bertz CT molecular complexity index is 731. The van der Waals surface area contributed by atoms with Gasteiger partial charge >= 0.3 is 0 Å². The van der Waals surface area contributed by atoms with Crippen LogP contribution in [0.3, 0.4) is 0 Å². The molecule has 5 nitrogen and oxygen atoms in total. The highest BCUT2D eigenvalue weighted by Gasteiger charge is 2.18. The van der Waals surface area contributed by atoms with Crippen molar-refractivity contribution >= 4 is 11.0 Å². The van der Waals surface area contributed by atoms with Gasteiger partial charge in [-0.2, -0.15) is 4.98 Å². The first kappa shape index (κ1) is 11.8. The number of halogens is 1. The molecule has 6 heteroatoms. The minimum absolute atomic E-state index is 0.248. The normalized spacial score (nSPS) is 11.3. The zero-order valence-corrected chi connectivity index (χ0v) is 10.7. The lowest BCUT2D eigenvalue weighted by Crippen LogP contribution is -1.90. The Morgan fingerprint density at radius 1 is 1.32 bits per heavy atom. The molecule has 0 spiro atoms. The molecule has 0 amide bonds. The highest BCUT2D eigenvalue weighted by atomic mass is 19.1. The lowest BCUT2D eigenvalue weighted by atomic mass is 10.1. The van der Waals surface area contributed by atoms with Crippen LogP contribution < -0.4 is 0 Å². The quantitative estimate of drug-likeness (QED) is 0.786. The fraction of sp³-hybridized carbons (Fsp3) is 0.308. The van der Waals surface area contributed by atoms with Gasteiger partial charge in [0.25, 0.3) is 0 Å². The van der Waals surface area contributed by atoms with Crippen molar-refractivity contribution in [2.45, 2.75) is 26.7 Å². The van der Waals surface area contributed by atoms with Crippen molar-refractivity contribution in [1.29, 1.82) is 0 Å². The van der Waals surface area contributed by atoms with E-state index in [9.17, 15) is 4.39 Å². The summed E-state index contributed by atoms with van der Waals surface area (Å²) in [6.45, 7) is 3.84. The summed E-state index contributed by atoms with van der Waals surface area (Å²) in [7, 11) is 0. The summed E-state index contributed by atoms with van der Waals surface area (Å²) in [5.74, 6) is 1.08. The van der Waals surface area contributed by atoms with Crippen molar-refractivity contribution in [2.24, 2.45) is 0 Å². The van der Waals surface area contributed by atoms with Gasteiger partial charge in [0.2, 0.25) is 11.7 Å². The van der Waals surface area contributed by atoms with Gasteiger partial charge < -0.3 is 9.51 Å². The van der Waals surface area contributed by atoms with Gasteiger partial charge in [-0.3, -0.25) is 0 Å². The van der Waals surface area contributed by atoms with Crippen molar-refractivity contribution in [3.05, 3.63) is 29.7 Å². The van der Waals surface area contributed by atoms with E-state index in [2.05, 4.69) is 20.1 Å². The number of nitrogens with one attached hydrogen (secondary N) is 1. The lowest BCUT2D eigenvalue weighted by molar-refractivity contribution is 0.377. The first-order valence-electron chi connectivity index (χ1n) is 6.17. The molecule has 0 aliphatic carbocycles. The van der Waals surface area contributed by atoms with Gasteiger partial charge in [-0.25, -0.2) is 9.37 Å². The minimum atomic E-state index is -0.400. The fourth-order valence-corrected chi connectivity index (χ4v) is 2.06. The number of fused-ring (bicyclic) bond motifs is 1.